The number of amides is 1. The Kier molecular flexibility index (Phi) is 8.24. The van der Waals surface area contributed by atoms with Crippen molar-refractivity contribution >= 4 is 17.5 Å². The third-order valence-electron chi connectivity index (χ3n) is 1.46. The van der Waals surface area contributed by atoms with E-state index in [0.29, 0.717) is 18.8 Å². The summed E-state index contributed by atoms with van der Waals surface area (Å²) >= 11 is 5.47. The standard InChI is InChI=1S/C9H16ClNO/c1-2-3-8-11-9(12)6-4-5-7-10/h2H,1,3-8H2,(H,11,12). The van der Waals surface area contributed by atoms with Crippen LogP contribution in [0.4, 0.5) is 0 Å². The van der Waals surface area contributed by atoms with Crippen LogP contribution in [0, 0.1) is 0 Å². The average Bonchev–Trinajstić information content (AvgIpc) is 2.06. The molecule has 70 valence electrons. The van der Waals surface area contributed by atoms with Gasteiger partial charge >= 0.3 is 0 Å². The van der Waals surface area contributed by atoms with Gasteiger partial charge in [0.2, 0.25) is 5.91 Å². The van der Waals surface area contributed by atoms with Crippen LogP contribution in [0.25, 0.3) is 0 Å². The maximum absolute atomic E-state index is 11.0. The second-order valence-corrected chi connectivity index (χ2v) is 2.95. The fourth-order valence-electron chi connectivity index (χ4n) is 0.782. The van der Waals surface area contributed by atoms with Gasteiger partial charge in [-0.15, -0.1) is 18.2 Å². The molecule has 0 saturated heterocycles. The minimum Gasteiger partial charge on any atom is -0.356 e. The number of nitrogens with one attached hydrogen (secondary N) is 1. The molecule has 0 aromatic rings. The first-order valence-electron chi connectivity index (χ1n) is 4.24. The lowest BCUT2D eigenvalue weighted by Crippen LogP contribution is -2.23. The summed E-state index contributed by atoms with van der Waals surface area (Å²) in [5.41, 5.74) is 0. The molecule has 0 bridgehead atoms. The molecule has 0 spiro atoms. The summed E-state index contributed by atoms with van der Waals surface area (Å²) in [6.07, 6.45) is 5.00. The second-order valence-electron chi connectivity index (χ2n) is 2.57. The lowest BCUT2D eigenvalue weighted by Gasteiger charge is -2.01. The monoisotopic (exact) mass is 189 g/mol. The van der Waals surface area contributed by atoms with E-state index in [1.54, 1.807) is 6.08 Å². The number of hydrogen-bond acceptors (Lipinski definition) is 1. The third kappa shape index (κ3) is 7.61. The first-order valence-corrected chi connectivity index (χ1v) is 4.78. The highest BCUT2D eigenvalue weighted by atomic mass is 35.5. The molecule has 3 heteroatoms. The molecule has 0 aromatic carbocycles. The summed E-state index contributed by atoms with van der Waals surface area (Å²) in [6, 6.07) is 0. The summed E-state index contributed by atoms with van der Waals surface area (Å²) in [5, 5.41) is 2.79. The van der Waals surface area contributed by atoms with E-state index in [0.717, 1.165) is 19.3 Å². The molecule has 0 aliphatic rings. The van der Waals surface area contributed by atoms with Gasteiger partial charge in [-0.05, 0) is 19.3 Å². The molecule has 0 radical (unpaired) electrons. The van der Waals surface area contributed by atoms with E-state index in [9.17, 15) is 4.79 Å². The number of halogens is 1. The molecule has 0 fully saturated rings. The highest BCUT2D eigenvalue weighted by Crippen LogP contribution is 1.96. The largest absolute Gasteiger partial charge is 0.356 e. The quantitative estimate of drug-likeness (QED) is 0.371. The van der Waals surface area contributed by atoms with Crippen LogP contribution in [0.5, 0.6) is 0 Å². The van der Waals surface area contributed by atoms with Crippen molar-refractivity contribution in [3.05, 3.63) is 12.7 Å². The molecule has 12 heavy (non-hydrogen) atoms. The number of rotatable bonds is 7. The van der Waals surface area contributed by atoms with Crippen molar-refractivity contribution in [2.75, 3.05) is 12.4 Å². The fraction of sp³-hybridized carbons (Fsp3) is 0.667. The van der Waals surface area contributed by atoms with Gasteiger partial charge < -0.3 is 5.32 Å². The van der Waals surface area contributed by atoms with Crippen molar-refractivity contribution in [1.29, 1.82) is 0 Å². The van der Waals surface area contributed by atoms with Gasteiger partial charge in [0.1, 0.15) is 0 Å². The number of hydrogen-bond donors (Lipinski definition) is 1. The molecule has 0 saturated carbocycles. The molecule has 0 unspecified atom stereocenters. The highest BCUT2D eigenvalue weighted by molar-refractivity contribution is 6.17. The Bertz CT molecular complexity index is 136. The molecule has 0 aliphatic carbocycles. The third-order valence-corrected chi connectivity index (χ3v) is 1.73. The minimum atomic E-state index is 0.113. The molecule has 0 aliphatic heterocycles. The maximum atomic E-state index is 11.0. The van der Waals surface area contributed by atoms with Gasteiger partial charge in [0.15, 0.2) is 0 Å². The number of carbonyl (C=O) groups is 1. The first-order chi connectivity index (χ1) is 5.81. The predicted molar refractivity (Wildman–Crippen MR) is 52.4 cm³/mol. The van der Waals surface area contributed by atoms with Gasteiger partial charge in [0.25, 0.3) is 0 Å². The van der Waals surface area contributed by atoms with Crippen LogP contribution in [0.1, 0.15) is 25.7 Å². The molecule has 1 N–H and O–H groups in total. The van der Waals surface area contributed by atoms with Crippen LogP contribution in [0.2, 0.25) is 0 Å². The Labute approximate surface area is 79.0 Å². The first kappa shape index (κ1) is 11.5. The fourth-order valence-corrected chi connectivity index (χ4v) is 0.971. The predicted octanol–water partition coefficient (Wildman–Crippen LogP) is 2.09. The second kappa shape index (κ2) is 8.60. The Hall–Kier alpha value is -0.500. The van der Waals surface area contributed by atoms with Crippen molar-refractivity contribution in [1.82, 2.24) is 5.32 Å². The van der Waals surface area contributed by atoms with Crippen molar-refractivity contribution < 1.29 is 4.79 Å². The number of unbranched alkanes of at least 4 members (excludes halogenated alkanes) is 1. The minimum absolute atomic E-state index is 0.113. The summed E-state index contributed by atoms with van der Waals surface area (Å²) in [4.78, 5) is 11.0. The SMILES string of the molecule is C=CCCNC(=O)CCCCCl. The van der Waals surface area contributed by atoms with Crippen LogP contribution in [-0.2, 0) is 4.79 Å². The van der Waals surface area contributed by atoms with Crippen LogP contribution in [-0.4, -0.2) is 18.3 Å². The smallest absolute Gasteiger partial charge is 0.220 e. The van der Waals surface area contributed by atoms with Crippen LogP contribution in [0.3, 0.4) is 0 Å². The zero-order valence-corrected chi connectivity index (χ0v) is 8.07. The molecule has 0 rings (SSSR count). The highest BCUT2D eigenvalue weighted by Gasteiger charge is 1.97. The van der Waals surface area contributed by atoms with E-state index >= 15 is 0 Å². The molecule has 2 nitrogen and oxygen atoms in total. The van der Waals surface area contributed by atoms with Gasteiger partial charge in [0, 0.05) is 18.8 Å². The average molecular weight is 190 g/mol. The van der Waals surface area contributed by atoms with E-state index in [2.05, 4.69) is 11.9 Å². The number of carbonyl (C=O) groups excluding carboxylic acids is 1. The Balaban J connectivity index is 3.15. The molecule has 1 amide bonds. The Morgan fingerprint density at radius 1 is 1.50 bits per heavy atom. The van der Waals surface area contributed by atoms with Gasteiger partial charge in [-0.1, -0.05) is 6.08 Å². The maximum Gasteiger partial charge on any atom is 0.220 e. The van der Waals surface area contributed by atoms with Crippen LogP contribution < -0.4 is 5.32 Å². The van der Waals surface area contributed by atoms with Crippen LogP contribution >= 0.6 is 11.6 Å². The van der Waals surface area contributed by atoms with Crippen molar-refractivity contribution in [3.8, 4) is 0 Å². The summed E-state index contributed by atoms with van der Waals surface area (Å²) in [5.74, 6) is 0.752. The van der Waals surface area contributed by atoms with E-state index in [4.69, 9.17) is 11.6 Å². The summed E-state index contributed by atoms with van der Waals surface area (Å²) in [6.45, 7) is 4.26. The van der Waals surface area contributed by atoms with Gasteiger partial charge in [-0.3, -0.25) is 4.79 Å². The summed E-state index contributed by atoms with van der Waals surface area (Å²) in [7, 11) is 0. The normalized spacial score (nSPS) is 9.42. The van der Waals surface area contributed by atoms with E-state index in [1.165, 1.54) is 0 Å². The van der Waals surface area contributed by atoms with E-state index in [1.807, 2.05) is 0 Å². The van der Waals surface area contributed by atoms with Crippen molar-refractivity contribution in [2.45, 2.75) is 25.7 Å². The molecule has 0 atom stereocenters. The van der Waals surface area contributed by atoms with Crippen molar-refractivity contribution in [3.63, 3.8) is 0 Å². The van der Waals surface area contributed by atoms with Crippen LogP contribution in [0.15, 0.2) is 12.7 Å². The van der Waals surface area contributed by atoms with Gasteiger partial charge in [0.05, 0.1) is 0 Å². The Morgan fingerprint density at radius 2 is 2.25 bits per heavy atom. The lowest BCUT2D eigenvalue weighted by atomic mass is 10.2. The van der Waals surface area contributed by atoms with Gasteiger partial charge in [-0.2, -0.15) is 0 Å². The van der Waals surface area contributed by atoms with Gasteiger partial charge in [-0.25, -0.2) is 0 Å². The van der Waals surface area contributed by atoms with E-state index in [-0.39, 0.29) is 5.91 Å². The molecular weight excluding hydrogens is 174 g/mol. The zero-order chi connectivity index (χ0) is 9.23. The van der Waals surface area contributed by atoms with E-state index < -0.39 is 0 Å². The molecule has 0 heterocycles. The lowest BCUT2D eigenvalue weighted by molar-refractivity contribution is -0.121. The van der Waals surface area contributed by atoms with Crippen molar-refractivity contribution in [2.24, 2.45) is 0 Å². The summed E-state index contributed by atoms with van der Waals surface area (Å²) < 4.78 is 0. The topological polar surface area (TPSA) is 29.1 Å². The number of alkyl halides is 1. The molecular formula is C9H16ClNO. The zero-order valence-electron chi connectivity index (χ0n) is 7.31. The Morgan fingerprint density at radius 3 is 2.83 bits per heavy atom. The molecule has 0 aromatic heterocycles.